The van der Waals surface area contributed by atoms with Crippen LogP contribution in [-0.2, 0) is 0 Å². The predicted octanol–water partition coefficient (Wildman–Crippen LogP) is 3.94. The van der Waals surface area contributed by atoms with Gasteiger partial charge in [0.25, 0.3) is 0 Å². The fraction of sp³-hybridized carbons (Fsp3) is 0. The Morgan fingerprint density at radius 2 is 1.26 bits per heavy atom. The molecule has 0 aliphatic heterocycles. The largest absolute Gasteiger partial charge is 0.114 e. The molecule has 0 saturated carbocycles. The van der Waals surface area contributed by atoms with Crippen molar-refractivity contribution in [2.75, 3.05) is 0 Å². The molecule has 0 fully saturated rings. The number of rotatable bonds is 0. The first-order chi connectivity index (χ1) is 9.33. The topological polar surface area (TPSA) is 0 Å². The molecule has 0 aromatic heterocycles. The first kappa shape index (κ1) is 10.6. The maximum absolute atomic E-state index is 6.09. The molecule has 0 saturated heterocycles. The minimum Gasteiger partial charge on any atom is -0.0890 e. The summed E-state index contributed by atoms with van der Waals surface area (Å²) in [5, 5.41) is 7.41. The Bertz CT molecular complexity index is 922. The Kier molecular flexibility index (Phi) is 2.16. The van der Waals surface area contributed by atoms with E-state index in [9.17, 15) is 0 Å². The molecule has 2 radical (unpaired) electrons. The summed E-state index contributed by atoms with van der Waals surface area (Å²) < 4.78 is 0. The molecule has 0 bridgehead atoms. The van der Waals surface area contributed by atoms with Gasteiger partial charge in [-0.15, -0.1) is 0 Å². The van der Waals surface area contributed by atoms with E-state index in [-0.39, 0.29) is 0 Å². The van der Waals surface area contributed by atoms with Gasteiger partial charge in [-0.3, -0.25) is 0 Å². The Balaban J connectivity index is 2.27. The van der Waals surface area contributed by atoms with Crippen molar-refractivity contribution in [3.8, 4) is 0 Å². The Hall–Kier alpha value is -2.28. The van der Waals surface area contributed by atoms with E-state index in [2.05, 4.69) is 54.6 Å². The van der Waals surface area contributed by atoms with Gasteiger partial charge in [0, 0.05) is 0 Å². The minimum atomic E-state index is 0.840. The fourth-order valence-electron chi connectivity index (χ4n) is 2.81. The number of benzene rings is 4. The van der Waals surface area contributed by atoms with Crippen molar-refractivity contribution in [3.63, 3.8) is 0 Å². The lowest BCUT2D eigenvalue weighted by Crippen LogP contribution is -2.02. The van der Waals surface area contributed by atoms with E-state index in [1.54, 1.807) is 0 Å². The summed E-state index contributed by atoms with van der Waals surface area (Å²) >= 11 is 0. The first-order valence-corrected chi connectivity index (χ1v) is 6.43. The van der Waals surface area contributed by atoms with Crippen LogP contribution in [0.1, 0.15) is 0 Å². The molecule has 0 amide bonds. The third kappa shape index (κ3) is 1.55. The number of hydrogen-bond acceptors (Lipinski definition) is 0. The summed E-state index contributed by atoms with van der Waals surface area (Å²) in [7, 11) is 6.09. The van der Waals surface area contributed by atoms with Gasteiger partial charge in [0.2, 0.25) is 0 Å². The Morgan fingerprint density at radius 1 is 0.526 bits per heavy atom. The third-order valence-corrected chi connectivity index (χ3v) is 3.78. The van der Waals surface area contributed by atoms with Crippen LogP contribution in [0.25, 0.3) is 32.3 Å². The van der Waals surface area contributed by atoms with Crippen LogP contribution < -0.4 is 5.46 Å². The smallest absolute Gasteiger partial charge is 0.0890 e. The van der Waals surface area contributed by atoms with Crippen molar-refractivity contribution in [3.05, 3.63) is 66.7 Å². The van der Waals surface area contributed by atoms with Crippen LogP contribution in [0.2, 0.25) is 0 Å². The van der Waals surface area contributed by atoms with Crippen LogP contribution in [0.5, 0.6) is 0 Å². The molecule has 4 rings (SSSR count). The van der Waals surface area contributed by atoms with Crippen molar-refractivity contribution in [1.82, 2.24) is 0 Å². The molecule has 0 atom stereocenters. The van der Waals surface area contributed by atoms with E-state index >= 15 is 0 Å². The molecule has 4 aromatic rings. The van der Waals surface area contributed by atoms with E-state index in [4.69, 9.17) is 7.85 Å². The van der Waals surface area contributed by atoms with Crippen molar-refractivity contribution in [2.24, 2.45) is 0 Å². The summed E-state index contributed by atoms with van der Waals surface area (Å²) in [6, 6.07) is 23.3. The highest BCUT2D eigenvalue weighted by Crippen LogP contribution is 2.28. The average molecular weight is 238 g/mol. The van der Waals surface area contributed by atoms with Gasteiger partial charge in [0.15, 0.2) is 0 Å². The molecule has 19 heavy (non-hydrogen) atoms. The second-order valence-corrected chi connectivity index (χ2v) is 4.93. The van der Waals surface area contributed by atoms with Crippen LogP contribution in [0, 0.1) is 0 Å². The molecular weight excluding hydrogens is 227 g/mol. The van der Waals surface area contributed by atoms with E-state index in [1.807, 2.05) is 12.1 Å². The second-order valence-electron chi connectivity index (χ2n) is 4.93. The summed E-state index contributed by atoms with van der Waals surface area (Å²) in [6.45, 7) is 0. The zero-order valence-corrected chi connectivity index (χ0v) is 10.4. The van der Waals surface area contributed by atoms with Crippen LogP contribution in [0.4, 0.5) is 0 Å². The highest BCUT2D eigenvalue weighted by atomic mass is 14.1. The van der Waals surface area contributed by atoms with Gasteiger partial charge in [-0.25, -0.2) is 0 Å². The number of hydrogen-bond donors (Lipinski definition) is 0. The Labute approximate surface area is 113 Å². The molecule has 0 N–H and O–H groups in total. The monoisotopic (exact) mass is 238 g/mol. The van der Waals surface area contributed by atoms with Gasteiger partial charge >= 0.3 is 0 Å². The molecule has 0 unspecified atom stereocenters. The molecule has 1 heteroatoms. The van der Waals surface area contributed by atoms with Crippen molar-refractivity contribution in [1.29, 1.82) is 0 Å². The van der Waals surface area contributed by atoms with Gasteiger partial charge in [-0.2, -0.15) is 0 Å². The van der Waals surface area contributed by atoms with E-state index < -0.39 is 0 Å². The highest BCUT2D eigenvalue weighted by molar-refractivity contribution is 6.39. The van der Waals surface area contributed by atoms with Gasteiger partial charge in [0.1, 0.15) is 7.85 Å². The third-order valence-electron chi connectivity index (χ3n) is 3.78. The van der Waals surface area contributed by atoms with Crippen LogP contribution in [-0.4, -0.2) is 7.85 Å². The second kappa shape index (κ2) is 3.86. The molecule has 86 valence electrons. The molecule has 4 aromatic carbocycles. The fourth-order valence-corrected chi connectivity index (χ4v) is 2.81. The van der Waals surface area contributed by atoms with E-state index in [0.29, 0.717) is 0 Å². The first-order valence-electron chi connectivity index (χ1n) is 6.43. The SMILES string of the molecule is [B]c1cccc2cc3ccc4ccccc4c3cc12. The zero-order valence-electron chi connectivity index (χ0n) is 10.4. The van der Waals surface area contributed by atoms with Crippen molar-refractivity contribution in [2.45, 2.75) is 0 Å². The van der Waals surface area contributed by atoms with E-state index in [0.717, 1.165) is 10.8 Å². The summed E-state index contributed by atoms with van der Waals surface area (Å²) in [6.07, 6.45) is 0. The lowest BCUT2D eigenvalue weighted by atomic mass is 9.88. The predicted molar refractivity (Wildman–Crippen MR) is 84.3 cm³/mol. The molecule has 0 aliphatic carbocycles. The van der Waals surface area contributed by atoms with Gasteiger partial charge in [-0.05, 0) is 44.5 Å². The summed E-state index contributed by atoms with van der Waals surface area (Å²) in [5.41, 5.74) is 0.840. The Morgan fingerprint density at radius 3 is 2.21 bits per heavy atom. The number of fused-ring (bicyclic) bond motifs is 4. The quantitative estimate of drug-likeness (QED) is 0.247. The van der Waals surface area contributed by atoms with Crippen LogP contribution in [0.3, 0.4) is 0 Å². The lowest BCUT2D eigenvalue weighted by Gasteiger charge is -2.08. The van der Waals surface area contributed by atoms with Crippen molar-refractivity contribution >= 4 is 45.6 Å². The normalized spacial score (nSPS) is 11.4. The van der Waals surface area contributed by atoms with Crippen LogP contribution in [0.15, 0.2) is 66.7 Å². The molecule has 0 spiro atoms. The summed E-state index contributed by atoms with van der Waals surface area (Å²) in [5.74, 6) is 0. The standard InChI is InChI=1S/C18H11B/c19-18-7-3-5-13-10-14-9-8-12-4-1-2-6-15(12)16(14)11-17(13)18/h1-11H. The molecule has 0 aliphatic rings. The van der Waals surface area contributed by atoms with Gasteiger partial charge in [-0.1, -0.05) is 60.1 Å². The summed E-state index contributed by atoms with van der Waals surface area (Å²) in [4.78, 5) is 0. The lowest BCUT2D eigenvalue weighted by molar-refractivity contribution is 1.79. The van der Waals surface area contributed by atoms with E-state index in [1.165, 1.54) is 26.9 Å². The molecule has 0 heterocycles. The minimum absolute atomic E-state index is 0.840. The average Bonchev–Trinajstić information content (AvgIpc) is 2.46. The maximum Gasteiger partial charge on any atom is 0.114 e. The maximum atomic E-state index is 6.09. The van der Waals surface area contributed by atoms with Gasteiger partial charge < -0.3 is 0 Å². The van der Waals surface area contributed by atoms with Crippen molar-refractivity contribution < 1.29 is 0 Å². The van der Waals surface area contributed by atoms with Gasteiger partial charge in [0.05, 0.1) is 0 Å². The zero-order chi connectivity index (χ0) is 12.8. The molecule has 0 nitrogen and oxygen atoms in total. The highest BCUT2D eigenvalue weighted by Gasteiger charge is 2.03. The molecular formula is C18H11B. The van der Waals surface area contributed by atoms with Crippen LogP contribution >= 0.6 is 0 Å².